The van der Waals surface area contributed by atoms with Crippen LogP contribution >= 0.6 is 0 Å². The van der Waals surface area contributed by atoms with Gasteiger partial charge in [0, 0.05) is 36.7 Å². The summed E-state index contributed by atoms with van der Waals surface area (Å²) in [6, 6.07) is 9.61. The van der Waals surface area contributed by atoms with E-state index in [1.54, 1.807) is 24.3 Å². The van der Waals surface area contributed by atoms with Gasteiger partial charge in [0.05, 0.1) is 12.0 Å². The Balaban J connectivity index is 1.19. The van der Waals surface area contributed by atoms with E-state index in [2.05, 4.69) is 56.3 Å². The van der Waals surface area contributed by atoms with Crippen molar-refractivity contribution in [3.8, 4) is 11.6 Å². The summed E-state index contributed by atoms with van der Waals surface area (Å²) in [6.45, 7) is 6.04. The van der Waals surface area contributed by atoms with Crippen LogP contribution in [0.15, 0.2) is 70.6 Å². The molecule has 7 rings (SSSR count). The van der Waals surface area contributed by atoms with Gasteiger partial charge in [-0.2, -0.15) is 19.5 Å². The van der Waals surface area contributed by atoms with Gasteiger partial charge in [-0.25, -0.2) is 4.39 Å². The van der Waals surface area contributed by atoms with Crippen LogP contribution in [0.4, 0.5) is 16.3 Å². The molecule has 2 unspecified atom stereocenters. The molecule has 2 aliphatic heterocycles. The number of benzene rings is 1. The predicted octanol–water partition coefficient (Wildman–Crippen LogP) is 3.45. The lowest BCUT2D eigenvalue weighted by Gasteiger charge is -2.53. The molecule has 4 aromatic rings. The highest BCUT2D eigenvalue weighted by Gasteiger charge is 2.50. The van der Waals surface area contributed by atoms with Gasteiger partial charge in [0.1, 0.15) is 11.9 Å². The number of piperidine rings is 1. The molecule has 0 spiro atoms. The fourth-order valence-corrected chi connectivity index (χ4v) is 6.13. The first-order valence-electron chi connectivity index (χ1n) is 13.2. The first-order chi connectivity index (χ1) is 19.3. The number of nitrogen functional groups attached to an aromatic ring is 1. The smallest absolute Gasteiger partial charge is 0.259 e. The molecule has 1 aromatic carbocycles. The summed E-state index contributed by atoms with van der Waals surface area (Å²) in [7, 11) is 0. The molecule has 40 heavy (non-hydrogen) atoms. The zero-order valence-corrected chi connectivity index (χ0v) is 22.1. The molecule has 1 aliphatic carbocycles. The summed E-state index contributed by atoms with van der Waals surface area (Å²) >= 11 is 0. The summed E-state index contributed by atoms with van der Waals surface area (Å²) in [6.07, 6.45) is 6.44. The third kappa shape index (κ3) is 3.90. The average molecular weight is 542 g/mol. The summed E-state index contributed by atoms with van der Waals surface area (Å²) < 4.78 is 20.6. The number of hydrogen-bond acceptors (Lipinski definition) is 9. The molecule has 5 heterocycles. The van der Waals surface area contributed by atoms with Crippen LogP contribution in [-0.2, 0) is 11.3 Å². The molecule has 3 atom stereocenters. The van der Waals surface area contributed by atoms with E-state index in [4.69, 9.17) is 10.2 Å². The van der Waals surface area contributed by atoms with Crippen LogP contribution in [0.3, 0.4) is 0 Å². The number of amides is 1. The summed E-state index contributed by atoms with van der Waals surface area (Å²) in [5, 5.41) is 7.56. The number of nitrogens with two attached hydrogens (primary N) is 1. The highest BCUT2D eigenvalue weighted by Crippen LogP contribution is 2.49. The van der Waals surface area contributed by atoms with Crippen molar-refractivity contribution in [1.82, 2.24) is 34.4 Å². The van der Waals surface area contributed by atoms with Crippen molar-refractivity contribution in [2.24, 2.45) is 11.3 Å². The van der Waals surface area contributed by atoms with Gasteiger partial charge in [0.2, 0.25) is 23.6 Å². The van der Waals surface area contributed by atoms with E-state index in [0.29, 0.717) is 37.6 Å². The molecular formula is C28H28FN9O2. The Hall–Kier alpha value is -4.74. The first kappa shape index (κ1) is 24.3. The van der Waals surface area contributed by atoms with Crippen molar-refractivity contribution in [2.75, 3.05) is 24.1 Å². The molecule has 3 N–H and O–H groups in total. The Morgan fingerprint density at radius 3 is 2.88 bits per heavy atom. The van der Waals surface area contributed by atoms with E-state index in [9.17, 15) is 9.18 Å². The Bertz CT molecular complexity index is 1700. The van der Waals surface area contributed by atoms with Crippen molar-refractivity contribution in [3.05, 3.63) is 77.6 Å². The van der Waals surface area contributed by atoms with Crippen LogP contribution < -0.4 is 11.1 Å². The molecule has 1 fully saturated rings. The number of rotatable bonds is 5. The number of nitrogens with one attached hydrogen (secondary N) is 1. The molecule has 11 nitrogen and oxygen atoms in total. The van der Waals surface area contributed by atoms with E-state index in [-0.39, 0.29) is 35.3 Å². The summed E-state index contributed by atoms with van der Waals surface area (Å²) in [4.78, 5) is 31.3. The summed E-state index contributed by atoms with van der Waals surface area (Å²) in [5.41, 5.74) is 8.81. The van der Waals surface area contributed by atoms with E-state index in [0.717, 1.165) is 17.0 Å². The molecule has 204 valence electrons. The lowest BCUT2D eigenvalue weighted by Crippen LogP contribution is -2.59. The molecule has 3 aliphatic rings. The number of carbonyl (C=O) groups is 1. The third-order valence-electron chi connectivity index (χ3n) is 7.90. The maximum absolute atomic E-state index is 13.9. The number of nitrogens with zero attached hydrogens (tertiary/aromatic N) is 7. The van der Waals surface area contributed by atoms with E-state index in [1.807, 2.05) is 11.0 Å². The highest BCUT2D eigenvalue weighted by molar-refractivity contribution is 5.88. The minimum Gasteiger partial charge on any atom is -0.461 e. The number of hydrogen-bond donors (Lipinski definition) is 2. The van der Waals surface area contributed by atoms with E-state index >= 15 is 0 Å². The Morgan fingerprint density at radius 1 is 1.20 bits per heavy atom. The van der Waals surface area contributed by atoms with Crippen molar-refractivity contribution >= 4 is 23.6 Å². The number of aromatic nitrogens is 5. The van der Waals surface area contributed by atoms with Crippen LogP contribution in [0.2, 0.25) is 0 Å². The molecule has 0 radical (unpaired) electrons. The summed E-state index contributed by atoms with van der Waals surface area (Å²) in [5.74, 6) is 1.20. The van der Waals surface area contributed by atoms with Gasteiger partial charge in [-0.15, -0.1) is 5.10 Å². The average Bonchev–Trinajstić information content (AvgIpc) is 3.60. The standard InChI is InChI=1S/C28H28FN9O2/c1-16-8-9-28(2)14-19(31-26-33-25(30)38-27(34-26)32-23(35-38)20-7-4-12-40-20)24(39)37-11-10-36(21(16)22(28)37)15-17-5-3-6-18(29)13-17/h3-9,12-13,16,19H,10-11,14-15H2,1-2H3,(H3,30,31,32,33,34,35)/t16?,19-,28?/m0/s1. The number of halogens is 1. The van der Waals surface area contributed by atoms with Crippen LogP contribution in [0, 0.1) is 17.2 Å². The van der Waals surface area contributed by atoms with Gasteiger partial charge < -0.3 is 25.3 Å². The molecular weight excluding hydrogens is 513 g/mol. The monoisotopic (exact) mass is 541 g/mol. The molecule has 0 saturated carbocycles. The van der Waals surface area contributed by atoms with Gasteiger partial charge in [-0.05, 0) is 36.2 Å². The lowest BCUT2D eigenvalue weighted by atomic mass is 9.70. The normalized spacial score (nSPS) is 24.1. The topological polar surface area (TPSA) is 131 Å². The first-order valence-corrected chi connectivity index (χ1v) is 13.2. The van der Waals surface area contributed by atoms with Gasteiger partial charge in [-0.3, -0.25) is 4.79 Å². The van der Waals surface area contributed by atoms with Crippen LogP contribution in [0.1, 0.15) is 25.8 Å². The molecule has 0 bridgehead atoms. The highest BCUT2D eigenvalue weighted by atomic mass is 19.1. The second-order valence-corrected chi connectivity index (χ2v) is 10.8. The minimum absolute atomic E-state index is 0.0438. The maximum atomic E-state index is 13.9. The van der Waals surface area contributed by atoms with Gasteiger partial charge in [0.15, 0.2) is 5.76 Å². The zero-order valence-electron chi connectivity index (χ0n) is 22.1. The van der Waals surface area contributed by atoms with Crippen molar-refractivity contribution in [3.63, 3.8) is 0 Å². The van der Waals surface area contributed by atoms with Gasteiger partial charge in [-0.1, -0.05) is 38.1 Å². The maximum Gasteiger partial charge on any atom is 0.259 e. The Kier molecular flexibility index (Phi) is 5.41. The number of allylic oxidation sites excluding steroid dienone is 2. The van der Waals surface area contributed by atoms with Gasteiger partial charge >= 0.3 is 0 Å². The van der Waals surface area contributed by atoms with E-state index < -0.39 is 11.5 Å². The van der Waals surface area contributed by atoms with Crippen LogP contribution in [-0.4, -0.2) is 59.4 Å². The van der Waals surface area contributed by atoms with Gasteiger partial charge in [0.25, 0.3) is 5.78 Å². The zero-order chi connectivity index (χ0) is 27.6. The number of fused-ring (bicyclic) bond motifs is 1. The number of anilines is 2. The fourth-order valence-electron chi connectivity index (χ4n) is 6.13. The predicted molar refractivity (Wildman–Crippen MR) is 145 cm³/mol. The molecule has 1 saturated heterocycles. The lowest BCUT2D eigenvalue weighted by molar-refractivity contribution is -0.135. The largest absolute Gasteiger partial charge is 0.461 e. The molecule has 1 amide bonds. The molecule has 12 heteroatoms. The van der Waals surface area contributed by atoms with Crippen molar-refractivity contribution < 1.29 is 13.6 Å². The van der Waals surface area contributed by atoms with Crippen LogP contribution in [0.25, 0.3) is 17.4 Å². The van der Waals surface area contributed by atoms with Crippen molar-refractivity contribution in [1.29, 1.82) is 0 Å². The van der Waals surface area contributed by atoms with Crippen LogP contribution in [0.5, 0.6) is 0 Å². The third-order valence-corrected chi connectivity index (χ3v) is 7.90. The number of furan rings is 1. The quantitative estimate of drug-likeness (QED) is 0.365. The second kappa shape index (κ2) is 8.90. The molecule has 3 aromatic heterocycles. The SMILES string of the molecule is CC1C=CC2(C)C[C@H](Nc3nc(N)n4nc(-c5ccco5)nc4n3)C(=O)N3CCN(Cc4cccc(F)c4)C1=C32. The Labute approximate surface area is 229 Å². The van der Waals surface area contributed by atoms with Crippen molar-refractivity contribution in [2.45, 2.75) is 32.9 Å². The Morgan fingerprint density at radius 2 is 2.08 bits per heavy atom. The second-order valence-electron chi connectivity index (χ2n) is 10.8. The van der Waals surface area contributed by atoms with E-state index in [1.165, 1.54) is 16.8 Å². The minimum atomic E-state index is -0.572. The fraction of sp³-hybridized carbons (Fsp3) is 0.321. The number of carbonyl (C=O) groups excluding carboxylic acids is 1.